The number of ether oxygens (including phenoxy) is 4. The summed E-state index contributed by atoms with van der Waals surface area (Å²) >= 11 is 0. The van der Waals surface area contributed by atoms with E-state index in [2.05, 4.69) is 0 Å². The number of amides is 1. The summed E-state index contributed by atoms with van der Waals surface area (Å²) in [7, 11) is 4.50. The predicted molar refractivity (Wildman–Crippen MR) is 72.3 cm³/mol. The van der Waals surface area contributed by atoms with E-state index in [9.17, 15) is 4.79 Å². The largest absolute Gasteiger partial charge is 0.382 e. The van der Waals surface area contributed by atoms with E-state index in [-0.39, 0.29) is 12.6 Å². The smallest absolute Gasteiger partial charge is 0.294 e. The van der Waals surface area contributed by atoms with Gasteiger partial charge in [-0.05, 0) is 6.07 Å². The fourth-order valence-corrected chi connectivity index (χ4v) is 2.29. The van der Waals surface area contributed by atoms with Gasteiger partial charge in [0.25, 0.3) is 11.7 Å². The standard InChI is InChI=1S/C14H19NO5/c1-17-8-9-20-10-15-12-7-5-4-6-11(12)14(18-2,19-3)13(15)16/h4-7H,8-10H2,1-3H3. The van der Waals surface area contributed by atoms with E-state index in [1.807, 2.05) is 24.3 Å². The number of benzene rings is 1. The van der Waals surface area contributed by atoms with E-state index >= 15 is 0 Å². The number of hydrogen-bond donors (Lipinski definition) is 0. The molecule has 0 fully saturated rings. The summed E-state index contributed by atoms with van der Waals surface area (Å²) < 4.78 is 21.0. The summed E-state index contributed by atoms with van der Waals surface area (Å²) in [4.78, 5) is 14.1. The molecule has 1 heterocycles. The van der Waals surface area contributed by atoms with Crippen molar-refractivity contribution in [2.24, 2.45) is 0 Å². The number of methoxy groups -OCH3 is 3. The summed E-state index contributed by atoms with van der Waals surface area (Å²) in [5.74, 6) is -1.68. The molecule has 1 aromatic carbocycles. The monoisotopic (exact) mass is 281 g/mol. The Morgan fingerprint density at radius 1 is 1.10 bits per heavy atom. The minimum Gasteiger partial charge on any atom is -0.382 e. The quantitative estimate of drug-likeness (QED) is 0.553. The van der Waals surface area contributed by atoms with E-state index in [0.717, 1.165) is 5.69 Å². The number of carbonyl (C=O) groups excluding carboxylic acids is 1. The van der Waals surface area contributed by atoms with E-state index in [1.54, 1.807) is 7.11 Å². The Balaban J connectivity index is 2.24. The van der Waals surface area contributed by atoms with Crippen LogP contribution in [0.4, 0.5) is 5.69 Å². The van der Waals surface area contributed by atoms with Crippen LogP contribution in [0, 0.1) is 0 Å². The lowest BCUT2D eigenvalue weighted by Crippen LogP contribution is -2.44. The molecule has 6 nitrogen and oxygen atoms in total. The van der Waals surface area contributed by atoms with Gasteiger partial charge in [-0.2, -0.15) is 0 Å². The van der Waals surface area contributed by atoms with E-state index in [0.29, 0.717) is 18.8 Å². The van der Waals surface area contributed by atoms with Crippen LogP contribution in [0.5, 0.6) is 0 Å². The molecule has 0 radical (unpaired) electrons. The van der Waals surface area contributed by atoms with E-state index < -0.39 is 5.79 Å². The maximum atomic E-state index is 12.6. The topological polar surface area (TPSA) is 57.2 Å². The zero-order chi connectivity index (χ0) is 14.6. The van der Waals surface area contributed by atoms with Crippen LogP contribution in [-0.2, 0) is 29.5 Å². The van der Waals surface area contributed by atoms with Gasteiger partial charge in [-0.25, -0.2) is 0 Å². The lowest BCUT2D eigenvalue weighted by Gasteiger charge is -2.25. The van der Waals surface area contributed by atoms with Crippen LogP contribution in [0.2, 0.25) is 0 Å². The molecule has 0 spiro atoms. The summed E-state index contributed by atoms with van der Waals surface area (Å²) in [6, 6.07) is 7.35. The molecule has 0 saturated heterocycles. The van der Waals surface area contributed by atoms with Crippen LogP contribution in [0.1, 0.15) is 5.56 Å². The van der Waals surface area contributed by atoms with Gasteiger partial charge in [0.2, 0.25) is 0 Å². The molecule has 1 aliphatic heterocycles. The Morgan fingerprint density at radius 3 is 2.45 bits per heavy atom. The van der Waals surface area contributed by atoms with Crippen LogP contribution in [0.15, 0.2) is 24.3 Å². The number of nitrogens with zero attached hydrogens (tertiary/aromatic N) is 1. The molecule has 0 atom stereocenters. The molecular formula is C14H19NO5. The summed E-state index contributed by atoms with van der Waals surface area (Å²) in [6.45, 7) is 1.02. The maximum absolute atomic E-state index is 12.6. The third kappa shape index (κ3) is 2.31. The highest BCUT2D eigenvalue weighted by atomic mass is 16.7. The van der Waals surface area contributed by atoms with Crippen molar-refractivity contribution in [3.05, 3.63) is 29.8 Å². The third-order valence-electron chi connectivity index (χ3n) is 3.30. The Bertz CT molecular complexity index is 472. The average molecular weight is 281 g/mol. The Kier molecular flexibility index (Phi) is 4.72. The number of para-hydroxylation sites is 1. The van der Waals surface area contributed by atoms with Crippen LogP contribution in [0.25, 0.3) is 0 Å². The van der Waals surface area contributed by atoms with Gasteiger partial charge in [-0.15, -0.1) is 0 Å². The SMILES string of the molecule is COCCOCN1C(=O)C(OC)(OC)c2ccccc21. The first kappa shape index (κ1) is 14.9. The minimum absolute atomic E-state index is 0.133. The van der Waals surface area contributed by atoms with E-state index in [1.165, 1.54) is 19.1 Å². The first-order valence-corrected chi connectivity index (χ1v) is 6.29. The lowest BCUT2D eigenvalue weighted by molar-refractivity contribution is -0.209. The van der Waals surface area contributed by atoms with Crippen LogP contribution in [-0.4, -0.2) is 47.2 Å². The molecule has 0 N–H and O–H groups in total. The van der Waals surface area contributed by atoms with Crippen molar-refractivity contribution < 1.29 is 23.7 Å². The van der Waals surface area contributed by atoms with Crippen molar-refractivity contribution in [2.45, 2.75) is 5.79 Å². The first-order valence-electron chi connectivity index (χ1n) is 6.29. The number of rotatable bonds is 7. The number of anilines is 1. The second-order valence-electron chi connectivity index (χ2n) is 4.31. The summed E-state index contributed by atoms with van der Waals surface area (Å²) in [5, 5.41) is 0. The van der Waals surface area contributed by atoms with Gasteiger partial charge in [-0.1, -0.05) is 18.2 Å². The molecule has 2 rings (SSSR count). The number of carbonyl (C=O) groups is 1. The van der Waals surface area contributed by atoms with Crippen molar-refractivity contribution in [2.75, 3.05) is 46.2 Å². The highest BCUT2D eigenvalue weighted by molar-refractivity contribution is 6.05. The fourth-order valence-electron chi connectivity index (χ4n) is 2.29. The molecule has 1 aromatic rings. The van der Waals surface area contributed by atoms with Crippen molar-refractivity contribution >= 4 is 11.6 Å². The van der Waals surface area contributed by atoms with E-state index in [4.69, 9.17) is 18.9 Å². The zero-order valence-electron chi connectivity index (χ0n) is 11.9. The molecule has 0 aliphatic carbocycles. The normalized spacial score (nSPS) is 16.6. The maximum Gasteiger partial charge on any atom is 0.294 e. The minimum atomic E-state index is -1.39. The van der Waals surface area contributed by atoms with Crippen LogP contribution >= 0.6 is 0 Å². The third-order valence-corrected chi connectivity index (χ3v) is 3.30. The Labute approximate surface area is 118 Å². The summed E-state index contributed by atoms with van der Waals surface area (Å²) in [5.41, 5.74) is 1.42. The molecule has 1 amide bonds. The van der Waals surface area contributed by atoms with Gasteiger partial charge in [0, 0.05) is 26.9 Å². The number of fused-ring (bicyclic) bond motifs is 1. The van der Waals surface area contributed by atoms with Crippen molar-refractivity contribution in [1.29, 1.82) is 0 Å². The van der Waals surface area contributed by atoms with Gasteiger partial charge in [-0.3, -0.25) is 9.69 Å². The molecule has 0 aromatic heterocycles. The van der Waals surface area contributed by atoms with Gasteiger partial charge >= 0.3 is 0 Å². The van der Waals surface area contributed by atoms with Gasteiger partial charge in [0.05, 0.1) is 18.9 Å². The molecule has 0 unspecified atom stereocenters. The number of hydrogen-bond acceptors (Lipinski definition) is 5. The molecule has 1 aliphatic rings. The fraction of sp³-hybridized carbons (Fsp3) is 0.500. The van der Waals surface area contributed by atoms with Gasteiger partial charge in [0.15, 0.2) is 0 Å². The average Bonchev–Trinajstić information content (AvgIpc) is 2.73. The van der Waals surface area contributed by atoms with Gasteiger partial charge in [0.1, 0.15) is 6.73 Å². The van der Waals surface area contributed by atoms with Crippen molar-refractivity contribution in [3.8, 4) is 0 Å². The predicted octanol–water partition coefficient (Wildman–Crippen LogP) is 1.10. The van der Waals surface area contributed by atoms with Crippen molar-refractivity contribution in [3.63, 3.8) is 0 Å². The Hall–Kier alpha value is -1.47. The van der Waals surface area contributed by atoms with Crippen LogP contribution in [0.3, 0.4) is 0 Å². The molecule has 20 heavy (non-hydrogen) atoms. The molecule has 6 heteroatoms. The Morgan fingerprint density at radius 2 is 1.80 bits per heavy atom. The molecule has 110 valence electrons. The zero-order valence-corrected chi connectivity index (χ0v) is 11.9. The second-order valence-corrected chi connectivity index (χ2v) is 4.31. The second kappa shape index (κ2) is 6.32. The molecular weight excluding hydrogens is 262 g/mol. The highest BCUT2D eigenvalue weighted by Gasteiger charge is 2.52. The summed E-state index contributed by atoms with van der Waals surface area (Å²) in [6.07, 6.45) is 0. The van der Waals surface area contributed by atoms with Gasteiger partial charge < -0.3 is 18.9 Å². The molecule has 0 saturated carbocycles. The first-order chi connectivity index (χ1) is 9.71. The highest BCUT2D eigenvalue weighted by Crippen LogP contribution is 2.42. The lowest BCUT2D eigenvalue weighted by atomic mass is 10.1. The van der Waals surface area contributed by atoms with Crippen molar-refractivity contribution in [1.82, 2.24) is 0 Å². The van der Waals surface area contributed by atoms with Crippen LogP contribution < -0.4 is 4.90 Å². The molecule has 0 bridgehead atoms.